The maximum Gasteiger partial charge on any atom is 0.145 e. The smallest absolute Gasteiger partial charge is 0.145 e. The van der Waals surface area contributed by atoms with Gasteiger partial charge in [0.1, 0.15) is 17.5 Å². The molecule has 2 rings (SSSR count). The van der Waals surface area contributed by atoms with E-state index in [4.69, 9.17) is 5.84 Å². The van der Waals surface area contributed by atoms with Gasteiger partial charge in [0.05, 0.1) is 0 Å². The summed E-state index contributed by atoms with van der Waals surface area (Å²) in [6.45, 7) is 5.41. The van der Waals surface area contributed by atoms with Gasteiger partial charge < -0.3 is 10.3 Å². The Morgan fingerprint density at radius 2 is 2.22 bits per heavy atom. The molecular formula is C13H23N5. The van der Waals surface area contributed by atoms with Crippen LogP contribution >= 0.6 is 0 Å². The van der Waals surface area contributed by atoms with Gasteiger partial charge in [-0.05, 0) is 19.8 Å². The first-order valence-corrected chi connectivity index (χ1v) is 6.85. The Morgan fingerprint density at radius 1 is 1.39 bits per heavy atom. The van der Waals surface area contributed by atoms with E-state index in [1.807, 2.05) is 6.07 Å². The fourth-order valence-electron chi connectivity index (χ4n) is 2.48. The molecule has 5 heteroatoms. The lowest BCUT2D eigenvalue weighted by Gasteiger charge is -2.28. The van der Waals surface area contributed by atoms with E-state index < -0.39 is 0 Å². The van der Waals surface area contributed by atoms with Crippen LogP contribution in [0, 0.1) is 0 Å². The van der Waals surface area contributed by atoms with Crippen molar-refractivity contribution in [3.8, 4) is 0 Å². The van der Waals surface area contributed by atoms with Gasteiger partial charge in [0.2, 0.25) is 0 Å². The molecule has 2 heterocycles. The molecule has 1 atom stereocenters. The molecule has 0 spiro atoms. The van der Waals surface area contributed by atoms with Crippen LogP contribution in [0.4, 0.5) is 11.6 Å². The van der Waals surface area contributed by atoms with Crippen LogP contribution in [0.5, 0.6) is 0 Å². The van der Waals surface area contributed by atoms with E-state index in [-0.39, 0.29) is 0 Å². The van der Waals surface area contributed by atoms with E-state index in [1.165, 1.54) is 25.7 Å². The molecular weight excluding hydrogens is 226 g/mol. The van der Waals surface area contributed by atoms with Crippen LogP contribution < -0.4 is 16.2 Å². The summed E-state index contributed by atoms with van der Waals surface area (Å²) in [5.41, 5.74) is 2.63. The Kier molecular flexibility index (Phi) is 4.36. The number of hydrogen-bond acceptors (Lipinski definition) is 5. The molecule has 1 aliphatic heterocycles. The maximum atomic E-state index is 5.48. The summed E-state index contributed by atoms with van der Waals surface area (Å²) in [4.78, 5) is 11.4. The fourth-order valence-corrected chi connectivity index (χ4v) is 2.48. The van der Waals surface area contributed by atoms with Crippen LogP contribution in [-0.2, 0) is 6.42 Å². The van der Waals surface area contributed by atoms with E-state index in [0.29, 0.717) is 11.9 Å². The van der Waals surface area contributed by atoms with Gasteiger partial charge in [0.25, 0.3) is 0 Å². The van der Waals surface area contributed by atoms with E-state index >= 15 is 0 Å². The molecule has 0 bridgehead atoms. The van der Waals surface area contributed by atoms with Gasteiger partial charge in [-0.2, -0.15) is 0 Å². The van der Waals surface area contributed by atoms with Crippen molar-refractivity contribution in [1.29, 1.82) is 0 Å². The summed E-state index contributed by atoms with van der Waals surface area (Å²) in [5, 5.41) is 0. The van der Waals surface area contributed by atoms with E-state index in [2.05, 4.69) is 34.1 Å². The predicted molar refractivity (Wildman–Crippen MR) is 74.5 cm³/mol. The van der Waals surface area contributed by atoms with Gasteiger partial charge in [0, 0.05) is 25.1 Å². The number of rotatable bonds is 3. The Labute approximate surface area is 109 Å². The second-order valence-corrected chi connectivity index (χ2v) is 4.92. The third kappa shape index (κ3) is 2.90. The van der Waals surface area contributed by atoms with Crippen LogP contribution in [0.2, 0.25) is 0 Å². The monoisotopic (exact) mass is 249 g/mol. The molecule has 0 aliphatic carbocycles. The first-order valence-electron chi connectivity index (χ1n) is 6.85. The standard InChI is InChI=1S/C13H23N5/c1-3-11-15-12(17-14)9-13(16-11)18-8-6-4-5-7-10(18)2/h9-10H,3-8,14H2,1-2H3,(H,15,16,17). The third-order valence-corrected chi connectivity index (χ3v) is 3.57. The minimum Gasteiger partial charge on any atom is -0.354 e. The Bertz CT molecular complexity index is 371. The first-order chi connectivity index (χ1) is 8.74. The quantitative estimate of drug-likeness (QED) is 0.634. The maximum absolute atomic E-state index is 5.48. The van der Waals surface area contributed by atoms with Crippen molar-refractivity contribution in [3.63, 3.8) is 0 Å². The van der Waals surface area contributed by atoms with Crippen LogP contribution in [0.3, 0.4) is 0 Å². The zero-order valence-corrected chi connectivity index (χ0v) is 11.3. The average molecular weight is 249 g/mol. The third-order valence-electron chi connectivity index (χ3n) is 3.57. The molecule has 1 aliphatic rings. The van der Waals surface area contributed by atoms with Crippen LogP contribution in [0.1, 0.15) is 45.4 Å². The highest BCUT2D eigenvalue weighted by Gasteiger charge is 2.19. The van der Waals surface area contributed by atoms with Crippen molar-refractivity contribution in [2.45, 2.75) is 52.0 Å². The van der Waals surface area contributed by atoms with E-state index in [1.54, 1.807) is 0 Å². The highest BCUT2D eigenvalue weighted by Crippen LogP contribution is 2.24. The number of nitrogens with zero attached hydrogens (tertiary/aromatic N) is 3. The molecule has 1 fully saturated rings. The predicted octanol–water partition coefficient (Wildman–Crippen LogP) is 2.09. The Hall–Kier alpha value is -1.36. The zero-order valence-electron chi connectivity index (χ0n) is 11.3. The van der Waals surface area contributed by atoms with Crippen molar-refractivity contribution in [2.24, 2.45) is 5.84 Å². The van der Waals surface area contributed by atoms with Gasteiger partial charge in [0.15, 0.2) is 0 Å². The summed E-state index contributed by atoms with van der Waals surface area (Å²) in [6.07, 6.45) is 5.92. The molecule has 1 unspecified atom stereocenters. The second kappa shape index (κ2) is 6.00. The van der Waals surface area contributed by atoms with Gasteiger partial charge in [-0.3, -0.25) is 0 Å². The summed E-state index contributed by atoms with van der Waals surface area (Å²) < 4.78 is 0. The number of anilines is 2. The summed E-state index contributed by atoms with van der Waals surface area (Å²) >= 11 is 0. The summed E-state index contributed by atoms with van der Waals surface area (Å²) in [6, 6.07) is 2.48. The molecule has 1 aromatic heterocycles. The highest BCUT2D eigenvalue weighted by atomic mass is 15.3. The number of hydrazine groups is 1. The number of aryl methyl sites for hydroxylation is 1. The number of nitrogens with two attached hydrogens (primary N) is 1. The summed E-state index contributed by atoms with van der Waals surface area (Å²) in [7, 11) is 0. The van der Waals surface area contributed by atoms with Crippen LogP contribution in [0.15, 0.2) is 6.07 Å². The zero-order chi connectivity index (χ0) is 13.0. The summed E-state index contributed by atoms with van der Waals surface area (Å²) in [5.74, 6) is 8.03. The second-order valence-electron chi connectivity index (χ2n) is 4.92. The van der Waals surface area contributed by atoms with Gasteiger partial charge in [-0.25, -0.2) is 15.8 Å². The van der Waals surface area contributed by atoms with Crippen molar-refractivity contribution in [3.05, 3.63) is 11.9 Å². The normalized spacial score (nSPS) is 20.6. The topological polar surface area (TPSA) is 67.1 Å². The lowest BCUT2D eigenvalue weighted by Crippen LogP contribution is -2.33. The van der Waals surface area contributed by atoms with E-state index in [9.17, 15) is 0 Å². The Balaban J connectivity index is 2.29. The van der Waals surface area contributed by atoms with Crippen LogP contribution in [-0.4, -0.2) is 22.6 Å². The lowest BCUT2D eigenvalue weighted by molar-refractivity contribution is 0.609. The molecule has 0 saturated carbocycles. The number of aromatic nitrogens is 2. The van der Waals surface area contributed by atoms with Crippen molar-refractivity contribution in [2.75, 3.05) is 16.9 Å². The molecule has 3 N–H and O–H groups in total. The molecule has 0 radical (unpaired) electrons. The lowest BCUT2D eigenvalue weighted by atomic mass is 10.1. The number of hydrogen-bond donors (Lipinski definition) is 2. The van der Waals surface area contributed by atoms with Crippen molar-refractivity contribution >= 4 is 11.6 Å². The van der Waals surface area contributed by atoms with Crippen LogP contribution in [0.25, 0.3) is 0 Å². The Morgan fingerprint density at radius 3 is 2.94 bits per heavy atom. The highest BCUT2D eigenvalue weighted by molar-refractivity contribution is 5.49. The van der Waals surface area contributed by atoms with Crippen molar-refractivity contribution < 1.29 is 0 Å². The minimum absolute atomic E-state index is 0.540. The van der Waals surface area contributed by atoms with E-state index in [0.717, 1.165) is 24.6 Å². The molecule has 1 aromatic rings. The SMILES string of the molecule is CCc1nc(NN)cc(N2CCCCCC2C)n1. The molecule has 0 aromatic carbocycles. The molecule has 100 valence electrons. The van der Waals surface area contributed by atoms with Crippen molar-refractivity contribution in [1.82, 2.24) is 9.97 Å². The fraction of sp³-hybridized carbons (Fsp3) is 0.692. The molecule has 5 nitrogen and oxygen atoms in total. The molecule has 18 heavy (non-hydrogen) atoms. The largest absolute Gasteiger partial charge is 0.354 e. The number of nitrogen functional groups attached to an aromatic ring is 1. The first kappa shape index (κ1) is 13.1. The van der Waals surface area contributed by atoms with Gasteiger partial charge in [-0.15, -0.1) is 0 Å². The minimum atomic E-state index is 0.540. The molecule has 1 saturated heterocycles. The average Bonchev–Trinajstić information content (AvgIpc) is 2.62. The van der Waals surface area contributed by atoms with Gasteiger partial charge in [-0.1, -0.05) is 19.8 Å². The van der Waals surface area contributed by atoms with Gasteiger partial charge >= 0.3 is 0 Å². The molecule has 0 amide bonds. The number of nitrogens with one attached hydrogen (secondary N) is 1.